The van der Waals surface area contributed by atoms with Crippen LogP contribution in [0.4, 0.5) is 0 Å². The van der Waals surface area contributed by atoms with Crippen molar-refractivity contribution in [1.29, 1.82) is 0 Å². The topological polar surface area (TPSA) is 46.0 Å². The highest BCUT2D eigenvalue weighted by atomic mass is 15.4. The van der Waals surface area contributed by atoms with E-state index >= 15 is 0 Å². The number of rotatable bonds is 3. The van der Waals surface area contributed by atoms with Crippen LogP contribution >= 0.6 is 0 Å². The third kappa shape index (κ3) is 2.61. The molecule has 1 unspecified atom stereocenters. The van der Waals surface area contributed by atoms with E-state index in [1.807, 2.05) is 11.7 Å². The van der Waals surface area contributed by atoms with Crippen molar-refractivity contribution in [1.82, 2.24) is 25.0 Å². The second-order valence-corrected chi connectivity index (χ2v) is 7.29. The molecule has 4 rings (SSSR count). The molecule has 2 heterocycles. The number of aromatic nitrogens is 3. The Hall–Kier alpha value is -0.940. The molecule has 5 heteroatoms. The second kappa shape index (κ2) is 5.36. The molecule has 1 N–H and O–H groups in total. The zero-order valence-electron chi connectivity index (χ0n) is 13.1. The quantitative estimate of drug-likeness (QED) is 0.920. The molecule has 1 aromatic heterocycles. The van der Waals surface area contributed by atoms with E-state index in [2.05, 4.69) is 20.3 Å². The molecule has 2 saturated carbocycles. The Bertz CT molecular complexity index is 487. The number of nitrogens with one attached hydrogen (secondary N) is 1. The van der Waals surface area contributed by atoms with Gasteiger partial charge >= 0.3 is 0 Å². The zero-order valence-corrected chi connectivity index (χ0v) is 13.1. The largest absolute Gasteiger partial charge is 0.311 e. The van der Waals surface area contributed by atoms with E-state index in [-0.39, 0.29) is 0 Å². The lowest BCUT2D eigenvalue weighted by molar-refractivity contribution is -0.00272. The fourth-order valence-electron chi connectivity index (χ4n) is 4.31. The van der Waals surface area contributed by atoms with Crippen molar-refractivity contribution in [3.63, 3.8) is 0 Å². The van der Waals surface area contributed by atoms with Gasteiger partial charge in [-0.05, 0) is 31.6 Å². The first-order valence-corrected chi connectivity index (χ1v) is 8.58. The fourth-order valence-corrected chi connectivity index (χ4v) is 4.31. The summed E-state index contributed by atoms with van der Waals surface area (Å²) >= 11 is 0. The first kappa shape index (κ1) is 13.7. The van der Waals surface area contributed by atoms with Crippen LogP contribution in [-0.4, -0.2) is 44.3 Å². The van der Waals surface area contributed by atoms with Crippen LogP contribution in [0.1, 0.15) is 50.8 Å². The molecule has 1 spiro atoms. The number of nitrogens with zero attached hydrogens (tertiary/aromatic N) is 4. The van der Waals surface area contributed by atoms with Crippen molar-refractivity contribution < 1.29 is 0 Å². The smallest absolute Gasteiger partial charge is 0.140 e. The monoisotopic (exact) mass is 289 g/mol. The number of aryl methyl sites for hydroxylation is 1. The van der Waals surface area contributed by atoms with Crippen molar-refractivity contribution >= 4 is 0 Å². The summed E-state index contributed by atoms with van der Waals surface area (Å²) < 4.78 is 1.94. The molecule has 3 aliphatic rings. The Labute approximate surface area is 127 Å². The molecule has 21 heavy (non-hydrogen) atoms. The highest BCUT2D eigenvalue weighted by Crippen LogP contribution is 2.40. The maximum absolute atomic E-state index is 4.46. The lowest BCUT2D eigenvalue weighted by atomic mass is 9.78. The predicted octanol–water partition coefficient (Wildman–Crippen LogP) is 1.70. The highest BCUT2D eigenvalue weighted by molar-refractivity contribution is 5.04. The Balaban J connectivity index is 1.55. The summed E-state index contributed by atoms with van der Waals surface area (Å²) in [5, 5.41) is 8.13. The van der Waals surface area contributed by atoms with Crippen molar-refractivity contribution in [2.45, 2.75) is 63.1 Å². The van der Waals surface area contributed by atoms with Gasteiger partial charge in [0.25, 0.3) is 0 Å². The highest BCUT2D eigenvalue weighted by Gasteiger charge is 2.45. The number of hydrogen-bond acceptors (Lipinski definition) is 4. The van der Waals surface area contributed by atoms with E-state index in [9.17, 15) is 0 Å². The van der Waals surface area contributed by atoms with Crippen LogP contribution in [0.5, 0.6) is 0 Å². The van der Waals surface area contributed by atoms with Crippen LogP contribution in [0, 0.1) is 5.92 Å². The Morgan fingerprint density at radius 1 is 1.29 bits per heavy atom. The van der Waals surface area contributed by atoms with Crippen LogP contribution in [0.3, 0.4) is 0 Å². The standard InChI is InChI=1S/C16H27N5/c1-20-15(18-12-19-20)10-21-9-14(13-5-6-13)17-11-16(21)7-3-2-4-8-16/h12-14,17H,2-11H2,1H3. The van der Waals surface area contributed by atoms with Gasteiger partial charge in [0.05, 0.1) is 6.54 Å². The van der Waals surface area contributed by atoms with Crippen LogP contribution in [0.15, 0.2) is 6.33 Å². The molecule has 5 nitrogen and oxygen atoms in total. The van der Waals surface area contributed by atoms with Crippen molar-refractivity contribution in [2.24, 2.45) is 13.0 Å². The van der Waals surface area contributed by atoms with Gasteiger partial charge in [-0.25, -0.2) is 4.98 Å². The Kier molecular flexibility index (Phi) is 3.50. The third-order valence-corrected chi connectivity index (χ3v) is 5.89. The SMILES string of the molecule is Cn1ncnc1CN1CC(C2CC2)NCC12CCCCC2. The van der Waals surface area contributed by atoms with E-state index in [1.165, 1.54) is 58.0 Å². The van der Waals surface area contributed by atoms with Crippen LogP contribution in [0.2, 0.25) is 0 Å². The minimum Gasteiger partial charge on any atom is -0.311 e. The number of hydrogen-bond donors (Lipinski definition) is 1. The molecule has 0 bridgehead atoms. The molecular weight excluding hydrogens is 262 g/mol. The van der Waals surface area contributed by atoms with E-state index in [0.29, 0.717) is 11.6 Å². The first-order valence-electron chi connectivity index (χ1n) is 8.58. The van der Waals surface area contributed by atoms with Crippen LogP contribution in [-0.2, 0) is 13.6 Å². The zero-order chi connectivity index (χ0) is 14.3. The summed E-state index contributed by atoms with van der Waals surface area (Å²) in [5.74, 6) is 2.03. The Morgan fingerprint density at radius 3 is 2.76 bits per heavy atom. The Morgan fingerprint density at radius 2 is 2.10 bits per heavy atom. The summed E-state index contributed by atoms with van der Waals surface area (Å²) in [6.45, 7) is 3.32. The molecule has 116 valence electrons. The van der Waals surface area contributed by atoms with Gasteiger partial charge in [-0.15, -0.1) is 0 Å². The van der Waals surface area contributed by atoms with Gasteiger partial charge in [-0.2, -0.15) is 5.10 Å². The molecule has 0 amide bonds. The lowest BCUT2D eigenvalue weighted by Gasteiger charge is -2.52. The van der Waals surface area contributed by atoms with E-state index in [0.717, 1.165) is 18.3 Å². The maximum atomic E-state index is 4.46. The van der Waals surface area contributed by atoms with Gasteiger partial charge in [0.15, 0.2) is 0 Å². The van der Waals surface area contributed by atoms with Gasteiger partial charge in [0, 0.05) is 31.7 Å². The molecule has 0 radical (unpaired) electrons. The van der Waals surface area contributed by atoms with Gasteiger partial charge in [0.1, 0.15) is 12.2 Å². The molecule has 1 aromatic rings. The van der Waals surface area contributed by atoms with E-state index < -0.39 is 0 Å². The molecule has 3 fully saturated rings. The normalized spacial score (nSPS) is 29.9. The van der Waals surface area contributed by atoms with Crippen molar-refractivity contribution in [3.05, 3.63) is 12.2 Å². The van der Waals surface area contributed by atoms with Gasteiger partial charge in [0.2, 0.25) is 0 Å². The predicted molar refractivity (Wildman–Crippen MR) is 81.7 cm³/mol. The summed E-state index contributed by atoms with van der Waals surface area (Å²) in [4.78, 5) is 7.21. The van der Waals surface area contributed by atoms with Crippen LogP contribution < -0.4 is 5.32 Å². The van der Waals surface area contributed by atoms with Crippen molar-refractivity contribution in [2.75, 3.05) is 13.1 Å². The summed E-state index contributed by atoms with van der Waals surface area (Å²) in [5.41, 5.74) is 0.371. The molecule has 2 aliphatic carbocycles. The first-order chi connectivity index (χ1) is 10.3. The summed E-state index contributed by atoms with van der Waals surface area (Å²) in [7, 11) is 2.01. The fraction of sp³-hybridized carbons (Fsp3) is 0.875. The average Bonchev–Trinajstić information content (AvgIpc) is 3.27. The summed E-state index contributed by atoms with van der Waals surface area (Å²) in [6.07, 6.45) is 11.4. The third-order valence-electron chi connectivity index (χ3n) is 5.89. The minimum absolute atomic E-state index is 0.371. The van der Waals surface area contributed by atoms with E-state index in [1.54, 1.807) is 6.33 Å². The molecule has 0 aromatic carbocycles. The van der Waals surface area contributed by atoms with Gasteiger partial charge in [-0.1, -0.05) is 19.3 Å². The van der Waals surface area contributed by atoms with Gasteiger partial charge < -0.3 is 5.32 Å². The van der Waals surface area contributed by atoms with E-state index in [4.69, 9.17) is 0 Å². The number of piperazine rings is 1. The lowest BCUT2D eigenvalue weighted by Crippen LogP contribution is -2.65. The molecular formula is C16H27N5. The molecule has 1 atom stereocenters. The average molecular weight is 289 g/mol. The van der Waals surface area contributed by atoms with Gasteiger partial charge in [-0.3, -0.25) is 9.58 Å². The molecule has 1 aliphatic heterocycles. The maximum Gasteiger partial charge on any atom is 0.140 e. The second-order valence-electron chi connectivity index (χ2n) is 7.29. The minimum atomic E-state index is 0.371. The summed E-state index contributed by atoms with van der Waals surface area (Å²) in [6, 6.07) is 0.700. The molecule has 1 saturated heterocycles. The van der Waals surface area contributed by atoms with Crippen LogP contribution in [0.25, 0.3) is 0 Å². The van der Waals surface area contributed by atoms with Crippen molar-refractivity contribution in [3.8, 4) is 0 Å².